The van der Waals surface area contributed by atoms with Crippen LogP contribution in [0.3, 0.4) is 0 Å². The first kappa shape index (κ1) is 11.3. The summed E-state index contributed by atoms with van der Waals surface area (Å²) in [5, 5.41) is 9.88. The van der Waals surface area contributed by atoms with Crippen molar-refractivity contribution in [3.63, 3.8) is 0 Å². The van der Waals surface area contributed by atoms with Crippen LogP contribution in [0.25, 0.3) is 11.0 Å². The topological polar surface area (TPSA) is 59.0 Å². The molecule has 0 saturated heterocycles. The molecule has 0 radical (unpaired) electrons. The van der Waals surface area contributed by atoms with Gasteiger partial charge in [0.25, 0.3) is 0 Å². The molecule has 0 saturated carbocycles. The minimum Gasteiger partial charge on any atom is -0.482 e. The number of para-hydroxylation sites is 1. The smallest absolute Gasteiger partial charge is 0.246 e. The van der Waals surface area contributed by atoms with Crippen molar-refractivity contribution in [3.05, 3.63) is 60.1 Å². The van der Waals surface area contributed by atoms with E-state index >= 15 is 0 Å². The Hall–Kier alpha value is -2.80. The predicted molar refractivity (Wildman–Crippen MR) is 69.5 cm³/mol. The van der Waals surface area contributed by atoms with Crippen molar-refractivity contribution >= 4 is 11.0 Å². The van der Waals surface area contributed by atoms with Gasteiger partial charge in [-0.15, -0.1) is 0 Å². The molecule has 0 amide bonds. The summed E-state index contributed by atoms with van der Waals surface area (Å²) in [5.74, 6) is 0.667. The molecule has 2 heterocycles. The summed E-state index contributed by atoms with van der Waals surface area (Å²) in [6, 6.07) is 15.0. The van der Waals surface area contributed by atoms with Crippen LogP contribution in [-0.2, 0) is 6.61 Å². The zero-order valence-electron chi connectivity index (χ0n) is 10.0. The minimum atomic E-state index is 0.192. The summed E-state index contributed by atoms with van der Waals surface area (Å²) in [5.41, 5.74) is 1.45. The number of hydrogen-bond acceptors (Lipinski definition) is 4. The summed E-state index contributed by atoms with van der Waals surface area (Å²) < 4.78 is 11.1. The van der Waals surface area contributed by atoms with Crippen LogP contribution in [0.2, 0.25) is 0 Å². The normalized spacial score (nSPS) is 10.3. The number of ether oxygens (including phenoxy) is 1. The van der Waals surface area contributed by atoms with Gasteiger partial charge in [-0.2, -0.15) is 5.26 Å². The Morgan fingerprint density at radius 3 is 2.79 bits per heavy atom. The van der Waals surface area contributed by atoms with E-state index < -0.39 is 0 Å². The molecule has 4 heteroatoms. The van der Waals surface area contributed by atoms with E-state index in [-0.39, 0.29) is 5.76 Å². The lowest BCUT2D eigenvalue weighted by molar-refractivity contribution is 0.299. The number of pyridine rings is 1. The molecule has 4 nitrogen and oxygen atoms in total. The Morgan fingerprint density at radius 2 is 2.00 bits per heavy atom. The van der Waals surface area contributed by atoms with Gasteiger partial charge in [0.2, 0.25) is 5.76 Å². The molecular weight excluding hydrogens is 240 g/mol. The summed E-state index contributed by atoms with van der Waals surface area (Å²) in [4.78, 5) is 4.18. The second-order valence-corrected chi connectivity index (χ2v) is 3.98. The van der Waals surface area contributed by atoms with Gasteiger partial charge in [0, 0.05) is 6.20 Å². The van der Waals surface area contributed by atoms with Gasteiger partial charge in [-0.05, 0) is 24.3 Å². The maximum absolute atomic E-state index is 9.08. The van der Waals surface area contributed by atoms with E-state index in [0.29, 0.717) is 17.9 Å². The molecule has 0 unspecified atom stereocenters. The lowest BCUT2D eigenvalue weighted by atomic mass is 10.2. The Kier molecular flexibility index (Phi) is 2.87. The molecule has 0 aliphatic rings. The van der Waals surface area contributed by atoms with Gasteiger partial charge in [0.1, 0.15) is 18.3 Å². The highest BCUT2D eigenvalue weighted by atomic mass is 16.5. The van der Waals surface area contributed by atoms with E-state index in [0.717, 1.165) is 11.1 Å². The second kappa shape index (κ2) is 4.83. The first-order valence-corrected chi connectivity index (χ1v) is 5.83. The Morgan fingerprint density at radius 1 is 1.16 bits per heavy atom. The third kappa shape index (κ3) is 2.14. The fourth-order valence-electron chi connectivity index (χ4n) is 1.87. The number of nitriles is 1. The van der Waals surface area contributed by atoms with Gasteiger partial charge in [0.15, 0.2) is 5.75 Å². The lowest BCUT2D eigenvalue weighted by Gasteiger charge is -2.03. The number of fused-ring (bicyclic) bond motifs is 1. The quantitative estimate of drug-likeness (QED) is 0.715. The number of aromatic nitrogens is 1. The summed E-state index contributed by atoms with van der Waals surface area (Å²) >= 11 is 0. The number of benzene rings is 1. The van der Waals surface area contributed by atoms with Crippen LogP contribution < -0.4 is 4.74 Å². The monoisotopic (exact) mass is 250 g/mol. The van der Waals surface area contributed by atoms with Crippen molar-refractivity contribution in [2.45, 2.75) is 6.61 Å². The van der Waals surface area contributed by atoms with E-state index in [1.165, 1.54) is 0 Å². The van der Waals surface area contributed by atoms with Crippen molar-refractivity contribution in [2.75, 3.05) is 0 Å². The van der Waals surface area contributed by atoms with Crippen LogP contribution >= 0.6 is 0 Å². The summed E-state index contributed by atoms with van der Waals surface area (Å²) in [7, 11) is 0. The zero-order chi connectivity index (χ0) is 13.1. The third-order valence-corrected chi connectivity index (χ3v) is 2.74. The van der Waals surface area contributed by atoms with Gasteiger partial charge >= 0.3 is 0 Å². The number of furan rings is 1. The standard InChI is InChI=1S/C15H10N2O2/c16-9-14-15(12-6-1-2-7-13(12)19-14)18-10-11-5-3-4-8-17-11/h1-8H,10H2. The molecule has 3 rings (SSSR count). The van der Waals surface area contributed by atoms with Crippen LogP contribution in [0.4, 0.5) is 0 Å². The largest absolute Gasteiger partial charge is 0.482 e. The van der Waals surface area contributed by atoms with Gasteiger partial charge in [-0.1, -0.05) is 18.2 Å². The van der Waals surface area contributed by atoms with Crippen molar-refractivity contribution in [1.82, 2.24) is 4.98 Å². The highest BCUT2D eigenvalue weighted by Gasteiger charge is 2.15. The molecule has 0 fully saturated rings. The maximum Gasteiger partial charge on any atom is 0.246 e. The van der Waals surface area contributed by atoms with Crippen LogP contribution in [0.15, 0.2) is 53.1 Å². The average Bonchev–Trinajstić information content (AvgIpc) is 2.84. The van der Waals surface area contributed by atoms with Crippen molar-refractivity contribution in [1.29, 1.82) is 5.26 Å². The third-order valence-electron chi connectivity index (χ3n) is 2.74. The van der Waals surface area contributed by atoms with Crippen LogP contribution in [-0.4, -0.2) is 4.98 Å². The SMILES string of the molecule is N#Cc1oc2ccccc2c1OCc1ccccn1. The Balaban J connectivity index is 1.94. The van der Waals surface area contributed by atoms with Gasteiger partial charge in [-0.3, -0.25) is 4.98 Å². The van der Waals surface area contributed by atoms with E-state index in [1.807, 2.05) is 48.5 Å². The van der Waals surface area contributed by atoms with E-state index in [4.69, 9.17) is 14.4 Å². The highest BCUT2D eigenvalue weighted by Crippen LogP contribution is 2.32. The van der Waals surface area contributed by atoms with Crippen molar-refractivity contribution in [3.8, 4) is 11.8 Å². The number of hydrogen-bond donors (Lipinski definition) is 0. The summed E-state index contributed by atoms with van der Waals surface area (Å²) in [6.07, 6.45) is 1.71. The van der Waals surface area contributed by atoms with Gasteiger partial charge in [0.05, 0.1) is 11.1 Å². The maximum atomic E-state index is 9.08. The van der Waals surface area contributed by atoms with Crippen LogP contribution in [0.5, 0.6) is 5.75 Å². The Bertz CT molecular complexity index is 742. The second-order valence-electron chi connectivity index (χ2n) is 3.98. The minimum absolute atomic E-state index is 0.192. The lowest BCUT2D eigenvalue weighted by Crippen LogP contribution is -1.97. The van der Waals surface area contributed by atoms with Gasteiger partial charge < -0.3 is 9.15 Å². The molecule has 0 bridgehead atoms. The number of nitrogens with zero attached hydrogens (tertiary/aromatic N) is 2. The average molecular weight is 250 g/mol. The first-order chi connectivity index (χ1) is 9.38. The molecule has 3 aromatic rings. The predicted octanol–water partition coefficient (Wildman–Crippen LogP) is 3.28. The van der Waals surface area contributed by atoms with E-state index in [1.54, 1.807) is 6.20 Å². The molecule has 19 heavy (non-hydrogen) atoms. The molecule has 92 valence electrons. The van der Waals surface area contributed by atoms with Crippen molar-refractivity contribution in [2.24, 2.45) is 0 Å². The summed E-state index contributed by atoms with van der Waals surface area (Å²) in [6.45, 7) is 0.305. The van der Waals surface area contributed by atoms with Gasteiger partial charge in [-0.25, -0.2) is 0 Å². The van der Waals surface area contributed by atoms with E-state index in [9.17, 15) is 0 Å². The van der Waals surface area contributed by atoms with Crippen LogP contribution in [0, 0.1) is 11.3 Å². The molecule has 0 spiro atoms. The van der Waals surface area contributed by atoms with Crippen LogP contribution in [0.1, 0.15) is 11.5 Å². The van der Waals surface area contributed by atoms with Crippen molar-refractivity contribution < 1.29 is 9.15 Å². The number of rotatable bonds is 3. The molecule has 0 aliphatic carbocycles. The molecule has 0 aliphatic heterocycles. The Labute approximate surface area is 109 Å². The molecule has 2 aromatic heterocycles. The fraction of sp³-hybridized carbons (Fsp3) is 0.0667. The fourth-order valence-corrected chi connectivity index (χ4v) is 1.87. The first-order valence-electron chi connectivity index (χ1n) is 5.83. The molecule has 0 atom stereocenters. The highest BCUT2D eigenvalue weighted by molar-refractivity contribution is 5.86. The zero-order valence-corrected chi connectivity index (χ0v) is 10.0. The molecule has 1 aromatic carbocycles. The van der Waals surface area contributed by atoms with E-state index in [2.05, 4.69) is 4.98 Å². The molecule has 0 N–H and O–H groups in total. The molecular formula is C15H10N2O2.